The van der Waals surface area contributed by atoms with Crippen molar-refractivity contribution in [2.45, 2.75) is 13.2 Å². The molecule has 0 saturated carbocycles. The quantitative estimate of drug-likeness (QED) is 0.159. The fourth-order valence-electron chi connectivity index (χ4n) is 5.13. The Kier molecular flexibility index (Phi) is 9.77. The van der Waals surface area contributed by atoms with Crippen LogP contribution < -0.4 is 30.8 Å². The number of carbonyl (C=O) groups excluding carboxylic acids is 1. The number of aromatic nitrogens is 3. The van der Waals surface area contributed by atoms with Gasteiger partial charge in [0.15, 0.2) is 11.5 Å². The van der Waals surface area contributed by atoms with Gasteiger partial charge in [0.25, 0.3) is 11.5 Å². The highest BCUT2D eigenvalue weighted by molar-refractivity contribution is 6.03. The molecule has 248 valence electrons. The van der Waals surface area contributed by atoms with E-state index in [2.05, 4.69) is 10.3 Å². The first-order valence-electron chi connectivity index (χ1n) is 15.2. The number of rotatable bonds is 12. The molecule has 0 atom stereocenters. The van der Waals surface area contributed by atoms with Crippen molar-refractivity contribution in [1.29, 1.82) is 0 Å². The lowest BCUT2D eigenvalue weighted by Crippen LogP contribution is -2.42. The standard InChI is InChI=1S/C37H31FN4O7/c1-46-33-20-29-31(21-34(33)47-2)39-17-16-32(29)49-28-14-10-26(11-15-28)40-35(43)30-22-41(18-19-48-23-24-6-4-3-5-7-24)37(45)42(36(30)44)27-12-8-25(38)9-13-27/h3-17,20-22H,18-19,23H2,1-2H3,(H,40,43). The average molecular weight is 663 g/mol. The van der Waals surface area contributed by atoms with E-state index < -0.39 is 23.0 Å². The predicted molar refractivity (Wildman–Crippen MR) is 182 cm³/mol. The third-order valence-electron chi connectivity index (χ3n) is 7.62. The lowest BCUT2D eigenvalue weighted by atomic mass is 10.2. The number of anilines is 1. The number of hydrogen-bond acceptors (Lipinski definition) is 8. The lowest BCUT2D eigenvalue weighted by molar-refractivity contribution is 0.102. The van der Waals surface area contributed by atoms with Crippen molar-refractivity contribution in [3.05, 3.63) is 147 Å². The largest absolute Gasteiger partial charge is 0.493 e. The van der Waals surface area contributed by atoms with Gasteiger partial charge in [-0.2, -0.15) is 0 Å². The fraction of sp³-hybridized carbons (Fsp3) is 0.135. The Labute approximate surface area is 279 Å². The van der Waals surface area contributed by atoms with Crippen molar-refractivity contribution >= 4 is 22.5 Å². The van der Waals surface area contributed by atoms with E-state index >= 15 is 0 Å². The molecule has 0 radical (unpaired) electrons. The maximum absolute atomic E-state index is 13.7. The molecule has 0 unspecified atom stereocenters. The maximum Gasteiger partial charge on any atom is 0.335 e. The number of fused-ring (bicyclic) bond motifs is 1. The molecule has 6 rings (SSSR count). The average Bonchev–Trinajstić information content (AvgIpc) is 3.12. The topological polar surface area (TPSA) is 123 Å². The molecule has 0 aliphatic heterocycles. The van der Waals surface area contributed by atoms with Gasteiger partial charge in [-0.15, -0.1) is 0 Å². The summed E-state index contributed by atoms with van der Waals surface area (Å²) < 4.78 is 38.4. The highest BCUT2D eigenvalue weighted by Crippen LogP contribution is 2.37. The molecule has 12 heteroatoms. The molecule has 0 spiro atoms. The summed E-state index contributed by atoms with van der Waals surface area (Å²) in [7, 11) is 3.09. The third kappa shape index (κ3) is 7.34. The smallest absolute Gasteiger partial charge is 0.335 e. The molecule has 2 aromatic heterocycles. The van der Waals surface area contributed by atoms with E-state index in [4.69, 9.17) is 18.9 Å². The van der Waals surface area contributed by atoms with E-state index in [1.807, 2.05) is 30.3 Å². The van der Waals surface area contributed by atoms with E-state index in [1.54, 1.807) is 62.9 Å². The van der Waals surface area contributed by atoms with Crippen LogP contribution in [0.25, 0.3) is 16.6 Å². The van der Waals surface area contributed by atoms with Gasteiger partial charge < -0.3 is 24.3 Å². The van der Waals surface area contributed by atoms with Gasteiger partial charge in [0.05, 0.1) is 45.2 Å². The molecular formula is C37H31FN4O7. The minimum absolute atomic E-state index is 0.0573. The Morgan fingerprint density at radius 3 is 2.29 bits per heavy atom. The molecule has 6 aromatic rings. The van der Waals surface area contributed by atoms with Crippen LogP contribution in [0.3, 0.4) is 0 Å². The van der Waals surface area contributed by atoms with Crippen molar-refractivity contribution in [1.82, 2.24) is 14.1 Å². The Morgan fingerprint density at radius 2 is 1.57 bits per heavy atom. The first-order valence-corrected chi connectivity index (χ1v) is 15.2. The summed E-state index contributed by atoms with van der Waals surface area (Å²) in [6, 6.07) is 26.2. The molecule has 0 bridgehead atoms. The van der Waals surface area contributed by atoms with Gasteiger partial charge in [-0.25, -0.2) is 13.8 Å². The highest BCUT2D eigenvalue weighted by atomic mass is 19.1. The first-order chi connectivity index (χ1) is 23.8. The zero-order valence-electron chi connectivity index (χ0n) is 26.6. The summed E-state index contributed by atoms with van der Waals surface area (Å²) in [4.78, 5) is 44.9. The van der Waals surface area contributed by atoms with Gasteiger partial charge >= 0.3 is 5.69 Å². The monoisotopic (exact) mass is 662 g/mol. The molecule has 0 aliphatic carbocycles. The van der Waals surface area contributed by atoms with E-state index in [0.717, 1.165) is 22.3 Å². The third-order valence-corrected chi connectivity index (χ3v) is 7.62. The summed E-state index contributed by atoms with van der Waals surface area (Å²) >= 11 is 0. The van der Waals surface area contributed by atoms with Crippen molar-refractivity contribution in [3.63, 3.8) is 0 Å². The van der Waals surface area contributed by atoms with Crippen LogP contribution in [0.2, 0.25) is 0 Å². The van der Waals surface area contributed by atoms with E-state index in [9.17, 15) is 18.8 Å². The second-order valence-electron chi connectivity index (χ2n) is 10.8. The summed E-state index contributed by atoms with van der Waals surface area (Å²) in [6.45, 7) is 0.508. The summed E-state index contributed by atoms with van der Waals surface area (Å²) in [5, 5.41) is 3.42. The molecule has 0 saturated heterocycles. The Bertz CT molecular complexity index is 2220. The van der Waals surface area contributed by atoms with Crippen LogP contribution in [0.1, 0.15) is 15.9 Å². The number of hydrogen-bond donors (Lipinski definition) is 1. The second-order valence-corrected chi connectivity index (χ2v) is 10.8. The van der Waals surface area contributed by atoms with Crippen LogP contribution in [0.5, 0.6) is 23.0 Å². The number of nitrogens with one attached hydrogen (secondary N) is 1. The number of carbonyl (C=O) groups is 1. The normalized spacial score (nSPS) is 10.9. The number of halogens is 1. The Morgan fingerprint density at radius 1 is 0.857 bits per heavy atom. The van der Waals surface area contributed by atoms with Crippen LogP contribution in [0.15, 0.2) is 119 Å². The molecule has 1 amide bonds. The van der Waals surface area contributed by atoms with Crippen LogP contribution in [-0.2, 0) is 17.9 Å². The summed E-state index contributed by atoms with van der Waals surface area (Å²) in [5.41, 5.74) is 0.253. The number of methoxy groups -OCH3 is 2. The van der Waals surface area contributed by atoms with Crippen LogP contribution >= 0.6 is 0 Å². The van der Waals surface area contributed by atoms with Crippen LogP contribution in [0.4, 0.5) is 10.1 Å². The SMILES string of the molecule is COc1cc2nccc(Oc3ccc(NC(=O)c4cn(CCOCc5ccccc5)c(=O)n(-c5ccc(F)cc5)c4=O)cc3)c2cc1OC. The summed E-state index contributed by atoms with van der Waals surface area (Å²) in [5.74, 6) is 0.785. The van der Waals surface area contributed by atoms with Gasteiger partial charge in [0.2, 0.25) is 0 Å². The number of pyridine rings is 1. The first kappa shape index (κ1) is 32.7. The van der Waals surface area contributed by atoms with E-state index in [0.29, 0.717) is 46.2 Å². The fourth-order valence-corrected chi connectivity index (χ4v) is 5.13. The predicted octanol–water partition coefficient (Wildman–Crippen LogP) is 5.97. The van der Waals surface area contributed by atoms with Gasteiger partial charge in [-0.05, 0) is 66.2 Å². The number of ether oxygens (including phenoxy) is 4. The van der Waals surface area contributed by atoms with E-state index in [-0.39, 0.29) is 24.4 Å². The van der Waals surface area contributed by atoms with Crippen molar-refractivity contribution in [3.8, 4) is 28.7 Å². The molecule has 2 heterocycles. The van der Waals surface area contributed by atoms with Crippen LogP contribution in [0, 0.1) is 5.82 Å². The Hall–Kier alpha value is -6.27. The minimum atomic E-state index is -0.855. The minimum Gasteiger partial charge on any atom is -0.493 e. The van der Waals surface area contributed by atoms with Gasteiger partial charge in [-0.3, -0.25) is 19.1 Å². The maximum atomic E-state index is 13.7. The highest BCUT2D eigenvalue weighted by Gasteiger charge is 2.19. The van der Waals surface area contributed by atoms with Crippen molar-refractivity contribution in [2.24, 2.45) is 0 Å². The molecule has 49 heavy (non-hydrogen) atoms. The zero-order valence-corrected chi connectivity index (χ0v) is 26.6. The molecular weight excluding hydrogens is 631 g/mol. The van der Waals surface area contributed by atoms with E-state index in [1.165, 1.54) is 22.9 Å². The Balaban J connectivity index is 1.23. The van der Waals surface area contributed by atoms with Crippen LogP contribution in [-0.4, -0.2) is 40.9 Å². The second kappa shape index (κ2) is 14.7. The molecule has 4 aromatic carbocycles. The molecule has 1 N–H and O–H groups in total. The molecule has 0 fully saturated rings. The van der Waals surface area contributed by atoms with Crippen molar-refractivity contribution < 1.29 is 28.1 Å². The number of amides is 1. The number of nitrogens with zero attached hydrogens (tertiary/aromatic N) is 3. The summed E-state index contributed by atoms with van der Waals surface area (Å²) in [6.07, 6.45) is 2.83. The van der Waals surface area contributed by atoms with Gasteiger partial charge in [0, 0.05) is 29.5 Å². The lowest BCUT2D eigenvalue weighted by Gasteiger charge is -2.14. The number of benzene rings is 4. The van der Waals surface area contributed by atoms with Gasteiger partial charge in [-0.1, -0.05) is 30.3 Å². The molecule has 0 aliphatic rings. The zero-order chi connectivity index (χ0) is 34.3. The van der Waals surface area contributed by atoms with Crippen molar-refractivity contribution in [2.75, 3.05) is 26.1 Å². The molecule has 11 nitrogen and oxygen atoms in total. The van der Waals surface area contributed by atoms with Gasteiger partial charge in [0.1, 0.15) is 22.9 Å².